The zero-order chi connectivity index (χ0) is 20.9. The number of nitrogens with zero attached hydrogens (tertiary/aromatic N) is 4. The lowest BCUT2D eigenvalue weighted by Gasteiger charge is -2.10. The number of amides is 1. The van der Waals surface area contributed by atoms with Gasteiger partial charge in [-0.05, 0) is 42.8 Å². The first-order valence-corrected chi connectivity index (χ1v) is 9.60. The summed E-state index contributed by atoms with van der Waals surface area (Å²) in [5.74, 6) is 2.11. The summed E-state index contributed by atoms with van der Waals surface area (Å²) in [6.45, 7) is 1.80. The van der Waals surface area contributed by atoms with Gasteiger partial charge in [0.15, 0.2) is 0 Å². The first kappa shape index (κ1) is 19.6. The van der Waals surface area contributed by atoms with Crippen molar-refractivity contribution >= 4 is 23.2 Å². The van der Waals surface area contributed by atoms with Crippen LogP contribution in [0, 0.1) is 6.92 Å². The summed E-state index contributed by atoms with van der Waals surface area (Å²) in [6, 6.07) is 16.1. The minimum atomic E-state index is -0.145. The molecule has 0 aliphatic carbocycles. The molecule has 2 aromatic carbocycles. The molecular weight excluding hydrogens is 402 g/mol. The lowest BCUT2D eigenvalue weighted by Crippen LogP contribution is -2.14. The molecule has 0 atom stereocenters. The van der Waals surface area contributed by atoms with Crippen molar-refractivity contribution in [3.63, 3.8) is 0 Å². The number of carbonyl (C=O) groups is 1. The fourth-order valence-corrected chi connectivity index (χ4v) is 3.05. The van der Waals surface area contributed by atoms with Crippen LogP contribution in [0.5, 0.6) is 11.6 Å². The van der Waals surface area contributed by atoms with Crippen LogP contribution in [0.3, 0.4) is 0 Å². The fourth-order valence-electron chi connectivity index (χ4n) is 2.85. The van der Waals surface area contributed by atoms with Crippen molar-refractivity contribution in [1.82, 2.24) is 19.5 Å². The van der Waals surface area contributed by atoms with Crippen LogP contribution in [0.4, 0.5) is 5.69 Å². The van der Waals surface area contributed by atoms with E-state index in [9.17, 15) is 4.79 Å². The Bertz CT molecular complexity index is 1160. The zero-order valence-corrected chi connectivity index (χ0v) is 16.9. The topological polar surface area (TPSA) is 81.9 Å². The maximum Gasteiger partial charge on any atom is 0.228 e. The average molecular weight is 420 g/mol. The molecule has 1 amide bonds. The van der Waals surface area contributed by atoms with E-state index >= 15 is 0 Å². The smallest absolute Gasteiger partial charge is 0.228 e. The third kappa shape index (κ3) is 4.82. The van der Waals surface area contributed by atoms with Gasteiger partial charge >= 0.3 is 0 Å². The number of ether oxygens (including phenoxy) is 1. The molecule has 7 nitrogen and oxygen atoms in total. The van der Waals surface area contributed by atoms with Gasteiger partial charge in [-0.1, -0.05) is 29.8 Å². The van der Waals surface area contributed by atoms with Gasteiger partial charge in [-0.25, -0.2) is 9.97 Å². The molecule has 4 rings (SSSR count). The van der Waals surface area contributed by atoms with Gasteiger partial charge in [-0.2, -0.15) is 4.98 Å². The van der Waals surface area contributed by atoms with Crippen molar-refractivity contribution in [3.05, 3.63) is 89.7 Å². The first-order valence-electron chi connectivity index (χ1n) is 9.22. The molecule has 0 aliphatic heterocycles. The van der Waals surface area contributed by atoms with E-state index in [0.717, 1.165) is 5.56 Å². The summed E-state index contributed by atoms with van der Waals surface area (Å²) in [4.78, 5) is 25.0. The second-order valence-electron chi connectivity index (χ2n) is 6.52. The average Bonchev–Trinajstić information content (AvgIpc) is 3.26. The van der Waals surface area contributed by atoms with Gasteiger partial charge in [0, 0.05) is 29.2 Å². The van der Waals surface area contributed by atoms with Gasteiger partial charge in [0.25, 0.3) is 0 Å². The van der Waals surface area contributed by atoms with Crippen molar-refractivity contribution in [3.8, 4) is 17.4 Å². The number of benzene rings is 2. The number of aryl methyl sites for hydroxylation is 1. The summed E-state index contributed by atoms with van der Waals surface area (Å²) in [5.41, 5.74) is 1.45. The standard InChI is InChI=1S/C22H18ClN5O2/c1-15-25-20(28-11-10-24-14-28)13-22(26-15)30-18-8-6-17(7-9-18)27-21(29)12-16-4-2-3-5-19(16)23/h2-11,13-14H,12H2,1H3,(H,27,29). The number of hydrogen-bond donors (Lipinski definition) is 1. The molecule has 2 aromatic heterocycles. The molecule has 30 heavy (non-hydrogen) atoms. The Morgan fingerprint density at radius 2 is 1.93 bits per heavy atom. The number of halogens is 1. The third-order valence-corrected chi connectivity index (χ3v) is 4.61. The molecule has 0 saturated heterocycles. The molecule has 0 unspecified atom stereocenters. The Kier molecular flexibility index (Phi) is 5.72. The molecule has 150 valence electrons. The van der Waals surface area contributed by atoms with Crippen LogP contribution in [-0.4, -0.2) is 25.4 Å². The summed E-state index contributed by atoms with van der Waals surface area (Å²) >= 11 is 6.11. The molecule has 1 N–H and O–H groups in total. The minimum Gasteiger partial charge on any atom is -0.439 e. The van der Waals surface area contributed by atoms with Gasteiger partial charge in [0.05, 0.1) is 6.42 Å². The van der Waals surface area contributed by atoms with Crippen LogP contribution in [0.15, 0.2) is 73.3 Å². The molecule has 0 bridgehead atoms. The molecule has 2 heterocycles. The van der Waals surface area contributed by atoms with Crippen LogP contribution >= 0.6 is 11.6 Å². The molecular formula is C22H18ClN5O2. The molecule has 0 radical (unpaired) electrons. The van der Waals surface area contributed by atoms with Crippen LogP contribution in [-0.2, 0) is 11.2 Å². The van der Waals surface area contributed by atoms with Gasteiger partial charge in [-0.3, -0.25) is 9.36 Å². The van der Waals surface area contributed by atoms with E-state index in [1.165, 1.54) is 0 Å². The minimum absolute atomic E-state index is 0.145. The van der Waals surface area contributed by atoms with Crippen LogP contribution in [0.25, 0.3) is 5.82 Å². The van der Waals surface area contributed by atoms with E-state index in [4.69, 9.17) is 16.3 Å². The lowest BCUT2D eigenvalue weighted by molar-refractivity contribution is -0.115. The normalized spacial score (nSPS) is 10.6. The summed E-state index contributed by atoms with van der Waals surface area (Å²) in [7, 11) is 0. The highest BCUT2D eigenvalue weighted by molar-refractivity contribution is 6.31. The first-order chi connectivity index (χ1) is 14.6. The maximum absolute atomic E-state index is 12.3. The van der Waals surface area contributed by atoms with Crippen molar-refractivity contribution in [1.29, 1.82) is 0 Å². The predicted octanol–water partition coefficient (Wildman–Crippen LogP) is 4.60. The van der Waals surface area contributed by atoms with E-state index in [2.05, 4.69) is 20.3 Å². The summed E-state index contributed by atoms with van der Waals surface area (Å²) in [6.07, 6.45) is 5.34. The van der Waals surface area contributed by atoms with Crippen molar-refractivity contribution < 1.29 is 9.53 Å². The fraction of sp³-hybridized carbons (Fsp3) is 0.0909. The second-order valence-corrected chi connectivity index (χ2v) is 6.93. The number of rotatable bonds is 6. The van der Waals surface area contributed by atoms with E-state index < -0.39 is 0 Å². The molecule has 0 fully saturated rings. The number of anilines is 1. The maximum atomic E-state index is 12.3. The third-order valence-electron chi connectivity index (χ3n) is 4.24. The lowest BCUT2D eigenvalue weighted by atomic mass is 10.1. The van der Waals surface area contributed by atoms with Crippen LogP contribution in [0.1, 0.15) is 11.4 Å². The number of aromatic nitrogens is 4. The Morgan fingerprint density at radius 3 is 2.67 bits per heavy atom. The van der Waals surface area contributed by atoms with E-state index in [-0.39, 0.29) is 12.3 Å². The number of carbonyl (C=O) groups excluding carboxylic acids is 1. The van der Waals surface area contributed by atoms with Crippen molar-refractivity contribution in [2.75, 3.05) is 5.32 Å². The zero-order valence-electron chi connectivity index (χ0n) is 16.1. The Morgan fingerprint density at radius 1 is 1.13 bits per heavy atom. The van der Waals surface area contributed by atoms with Crippen LogP contribution in [0.2, 0.25) is 5.02 Å². The number of nitrogens with one attached hydrogen (secondary N) is 1. The molecule has 8 heteroatoms. The Hall–Kier alpha value is -3.71. The second kappa shape index (κ2) is 8.75. The van der Waals surface area contributed by atoms with E-state index in [1.54, 1.807) is 66.6 Å². The molecule has 0 saturated carbocycles. The highest BCUT2D eigenvalue weighted by atomic mass is 35.5. The Labute approximate surface area is 178 Å². The molecule has 0 spiro atoms. The van der Waals surface area contributed by atoms with Crippen LogP contribution < -0.4 is 10.1 Å². The van der Waals surface area contributed by atoms with Gasteiger partial charge in [0.1, 0.15) is 23.7 Å². The quantitative estimate of drug-likeness (QED) is 0.494. The van der Waals surface area contributed by atoms with Crippen molar-refractivity contribution in [2.45, 2.75) is 13.3 Å². The highest BCUT2D eigenvalue weighted by Crippen LogP contribution is 2.23. The van der Waals surface area contributed by atoms with E-state index in [1.807, 2.05) is 18.2 Å². The molecule has 0 aliphatic rings. The van der Waals surface area contributed by atoms with Gasteiger partial charge < -0.3 is 10.1 Å². The SMILES string of the molecule is Cc1nc(Oc2ccc(NC(=O)Cc3ccccc3Cl)cc2)cc(-n2ccnc2)n1. The number of hydrogen-bond acceptors (Lipinski definition) is 5. The summed E-state index contributed by atoms with van der Waals surface area (Å²) < 4.78 is 7.63. The largest absolute Gasteiger partial charge is 0.439 e. The Balaban J connectivity index is 1.42. The van der Waals surface area contributed by atoms with Crippen molar-refractivity contribution in [2.24, 2.45) is 0 Å². The number of imidazole rings is 1. The van der Waals surface area contributed by atoms with Gasteiger partial charge in [-0.15, -0.1) is 0 Å². The van der Waals surface area contributed by atoms with E-state index in [0.29, 0.717) is 34.0 Å². The van der Waals surface area contributed by atoms with Gasteiger partial charge in [0.2, 0.25) is 11.8 Å². The predicted molar refractivity (Wildman–Crippen MR) is 114 cm³/mol. The monoisotopic (exact) mass is 419 g/mol. The highest BCUT2D eigenvalue weighted by Gasteiger charge is 2.09. The summed E-state index contributed by atoms with van der Waals surface area (Å²) in [5, 5.41) is 3.43. The molecule has 4 aromatic rings.